The van der Waals surface area contributed by atoms with Crippen LogP contribution in [0.1, 0.15) is 32.1 Å². The van der Waals surface area contributed by atoms with Gasteiger partial charge in [-0.05, 0) is 38.2 Å². The van der Waals surface area contributed by atoms with Crippen molar-refractivity contribution in [3.8, 4) is 0 Å². The molecule has 1 aliphatic rings. The molecule has 0 aromatic carbocycles. The predicted molar refractivity (Wildman–Crippen MR) is 40.0 cm³/mol. The zero-order chi connectivity index (χ0) is 6.36. The van der Waals surface area contributed by atoms with Crippen LogP contribution >= 0.6 is 0 Å². The summed E-state index contributed by atoms with van der Waals surface area (Å²) >= 11 is 0. The molecule has 0 saturated heterocycles. The largest absolute Gasteiger partial charge is 0.0882 e. The van der Waals surface area contributed by atoms with Crippen molar-refractivity contribution in [2.24, 2.45) is 0 Å². The van der Waals surface area contributed by atoms with E-state index in [0.29, 0.717) is 0 Å². The molecule has 0 unspecified atom stereocenters. The van der Waals surface area contributed by atoms with Gasteiger partial charge in [-0.3, -0.25) is 0 Å². The first-order chi connectivity index (χ1) is 4.50. The average molecular weight is 121 g/mol. The second-order valence-corrected chi connectivity index (χ2v) is 2.37. The van der Waals surface area contributed by atoms with Crippen LogP contribution in [0.15, 0.2) is 18.2 Å². The van der Waals surface area contributed by atoms with E-state index in [-0.39, 0.29) is 0 Å². The molecule has 0 saturated carbocycles. The van der Waals surface area contributed by atoms with E-state index in [0.717, 1.165) is 6.42 Å². The Morgan fingerprint density at radius 2 is 1.89 bits per heavy atom. The Balaban J connectivity index is 2.28. The van der Waals surface area contributed by atoms with E-state index in [2.05, 4.69) is 24.3 Å². The zero-order valence-corrected chi connectivity index (χ0v) is 5.77. The van der Waals surface area contributed by atoms with Gasteiger partial charge in [-0.1, -0.05) is 18.2 Å². The van der Waals surface area contributed by atoms with E-state index < -0.39 is 0 Å². The summed E-state index contributed by atoms with van der Waals surface area (Å²) in [5, 5.41) is 0. The normalized spacial score (nSPS) is 27.6. The third kappa shape index (κ3) is 3.12. The van der Waals surface area contributed by atoms with Crippen molar-refractivity contribution in [1.82, 2.24) is 0 Å². The molecule has 49 valence electrons. The second kappa shape index (κ2) is 4.37. The highest BCUT2D eigenvalue weighted by Gasteiger charge is 1.85. The summed E-state index contributed by atoms with van der Waals surface area (Å²) in [6, 6.07) is 0. The number of hydrogen-bond donors (Lipinski definition) is 0. The van der Waals surface area contributed by atoms with Crippen LogP contribution in [-0.4, -0.2) is 0 Å². The van der Waals surface area contributed by atoms with E-state index in [1.54, 1.807) is 0 Å². The summed E-state index contributed by atoms with van der Waals surface area (Å²) in [6.07, 6.45) is 16.0. The summed E-state index contributed by atoms with van der Waals surface area (Å²) in [5.41, 5.74) is 0. The fourth-order valence-electron chi connectivity index (χ4n) is 0.963. The molecule has 0 aromatic heterocycles. The van der Waals surface area contributed by atoms with Gasteiger partial charge < -0.3 is 0 Å². The molecule has 0 nitrogen and oxygen atoms in total. The summed E-state index contributed by atoms with van der Waals surface area (Å²) in [6.45, 7) is 0. The molecular formula is C9H13. The van der Waals surface area contributed by atoms with E-state index in [4.69, 9.17) is 0 Å². The Bertz CT molecular complexity index is 95.2. The molecule has 0 spiro atoms. The van der Waals surface area contributed by atoms with Crippen molar-refractivity contribution in [3.05, 3.63) is 24.3 Å². The molecule has 0 amide bonds. The molecule has 0 N–H and O–H groups in total. The Hall–Kier alpha value is -0.520. The van der Waals surface area contributed by atoms with Crippen molar-refractivity contribution in [3.63, 3.8) is 0 Å². The van der Waals surface area contributed by atoms with Crippen LogP contribution < -0.4 is 0 Å². The van der Waals surface area contributed by atoms with Crippen LogP contribution in [0.4, 0.5) is 0 Å². The van der Waals surface area contributed by atoms with Gasteiger partial charge in [0.15, 0.2) is 0 Å². The summed E-state index contributed by atoms with van der Waals surface area (Å²) in [5.74, 6) is 0. The van der Waals surface area contributed by atoms with Crippen LogP contribution in [0.2, 0.25) is 0 Å². The van der Waals surface area contributed by atoms with Gasteiger partial charge in [-0.25, -0.2) is 0 Å². The minimum Gasteiger partial charge on any atom is -0.0882 e. The Morgan fingerprint density at radius 3 is 2.89 bits per heavy atom. The highest BCUT2D eigenvalue weighted by Crippen LogP contribution is 2.04. The lowest BCUT2D eigenvalue weighted by Crippen LogP contribution is -1.69. The lowest BCUT2D eigenvalue weighted by molar-refractivity contribution is 0.763. The highest BCUT2D eigenvalue weighted by molar-refractivity contribution is 4.89. The van der Waals surface area contributed by atoms with Crippen molar-refractivity contribution < 1.29 is 0 Å². The first-order valence-corrected chi connectivity index (χ1v) is 3.70. The zero-order valence-electron chi connectivity index (χ0n) is 5.77. The molecule has 1 rings (SSSR count). The molecule has 0 atom stereocenters. The number of rotatable bonds is 0. The average Bonchev–Trinajstić information content (AvgIpc) is 2.00. The Labute approximate surface area is 57.3 Å². The monoisotopic (exact) mass is 121 g/mol. The van der Waals surface area contributed by atoms with Crippen molar-refractivity contribution in [1.29, 1.82) is 0 Å². The Kier molecular flexibility index (Phi) is 3.20. The van der Waals surface area contributed by atoms with Crippen LogP contribution in [0.5, 0.6) is 0 Å². The first kappa shape index (κ1) is 6.60. The first-order valence-electron chi connectivity index (χ1n) is 3.70. The molecule has 0 aromatic rings. The Morgan fingerprint density at radius 1 is 1.00 bits per heavy atom. The van der Waals surface area contributed by atoms with Gasteiger partial charge in [0.2, 0.25) is 0 Å². The minimum atomic E-state index is 1.01. The quantitative estimate of drug-likeness (QED) is 0.432. The van der Waals surface area contributed by atoms with Gasteiger partial charge >= 0.3 is 0 Å². The fourth-order valence-corrected chi connectivity index (χ4v) is 0.963. The number of allylic oxidation sites excluding steroid dienone is 4. The molecule has 0 aliphatic heterocycles. The van der Waals surface area contributed by atoms with Gasteiger partial charge in [0.05, 0.1) is 0 Å². The fraction of sp³-hybridized carbons (Fsp3) is 0.556. The maximum Gasteiger partial charge on any atom is -0.00979 e. The van der Waals surface area contributed by atoms with Crippen LogP contribution in [0.25, 0.3) is 0 Å². The van der Waals surface area contributed by atoms with Crippen LogP contribution in [-0.2, 0) is 0 Å². The van der Waals surface area contributed by atoms with E-state index in [9.17, 15) is 0 Å². The third-order valence-corrected chi connectivity index (χ3v) is 1.52. The van der Waals surface area contributed by atoms with Crippen molar-refractivity contribution in [2.45, 2.75) is 32.1 Å². The lowest BCUT2D eigenvalue weighted by atomic mass is 10.2. The lowest BCUT2D eigenvalue weighted by Gasteiger charge is -1.88. The topological polar surface area (TPSA) is 0 Å². The van der Waals surface area contributed by atoms with E-state index in [1.165, 1.54) is 25.7 Å². The van der Waals surface area contributed by atoms with Crippen LogP contribution in [0.3, 0.4) is 0 Å². The summed E-state index contributed by atoms with van der Waals surface area (Å²) < 4.78 is 0. The minimum absolute atomic E-state index is 1.01. The van der Waals surface area contributed by atoms with Gasteiger partial charge in [0.1, 0.15) is 0 Å². The highest BCUT2D eigenvalue weighted by atomic mass is 13.9. The molecule has 1 aliphatic carbocycles. The number of hydrogen-bond acceptors (Lipinski definition) is 0. The molecule has 0 bridgehead atoms. The van der Waals surface area contributed by atoms with Crippen LogP contribution in [0, 0.1) is 6.08 Å². The van der Waals surface area contributed by atoms with Crippen molar-refractivity contribution >= 4 is 0 Å². The third-order valence-electron chi connectivity index (χ3n) is 1.52. The molecule has 1 radical (unpaired) electrons. The van der Waals surface area contributed by atoms with Crippen molar-refractivity contribution in [2.75, 3.05) is 0 Å². The maximum atomic E-state index is 3.22. The summed E-state index contributed by atoms with van der Waals surface area (Å²) in [7, 11) is 0. The van der Waals surface area contributed by atoms with Gasteiger partial charge in [0.25, 0.3) is 0 Å². The summed E-state index contributed by atoms with van der Waals surface area (Å²) in [4.78, 5) is 0. The molecule has 0 fully saturated rings. The van der Waals surface area contributed by atoms with E-state index >= 15 is 0 Å². The standard InChI is InChI=1S/C9H13/c1-2-4-6-8-9-7-5-3-1/h1-2,8H,3-5,7,9H2/b2-1-,8-6?. The molecule has 0 heteroatoms. The van der Waals surface area contributed by atoms with Gasteiger partial charge in [0, 0.05) is 0 Å². The van der Waals surface area contributed by atoms with E-state index in [1.807, 2.05) is 0 Å². The van der Waals surface area contributed by atoms with Gasteiger partial charge in [-0.2, -0.15) is 0 Å². The van der Waals surface area contributed by atoms with Gasteiger partial charge in [-0.15, -0.1) is 0 Å². The smallest absolute Gasteiger partial charge is 0.00979 e. The molecular weight excluding hydrogens is 108 g/mol. The SMILES string of the molecule is [C]1=C\CCCC/C=C\C/1. The maximum absolute atomic E-state index is 3.22. The second-order valence-electron chi connectivity index (χ2n) is 2.37. The molecule has 0 heterocycles. The molecule has 9 heavy (non-hydrogen) atoms. The predicted octanol–water partition coefficient (Wildman–Crippen LogP) is 2.87.